The van der Waals surface area contributed by atoms with Gasteiger partial charge in [-0.1, -0.05) is 110 Å². The van der Waals surface area contributed by atoms with Gasteiger partial charge >= 0.3 is 0 Å². The van der Waals surface area contributed by atoms with Crippen LogP contribution < -0.4 is 5.32 Å². The summed E-state index contributed by atoms with van der Waals surface area (Å²) in [6.07, 6.45) is 0.701. The van der Waals surface area contributed by atoms with Gasteiger partial charge < -0.3 is 9.88 Å². The Morgan fingerprint density at radius 2 is 1.40 bits per heavy atom. The third kappa shape index (κ3) is 7.15. The third-order valence-electron chi connectivity index (χ3n) is 5.35. The highest BCUT2D eigenvalue weighted by atomic mass is 16.1. The molecule has 0 fully saturated rings. The number of para-hydroxylation sites is 2. The molecule has 35 heavy (non-hydrogen) atoms. The molecule has 4 aromatic carbocycles. The van der Waals surface area contributed by atoms with Gasteiger partial charge in [0.1, 0.15) is 5.82 Å². The van der Waals surface area contributed by atoms with Crippen LogP contribution >= 0.6 is 0 Å². The molecule has 0 saturated carbocycles. The van der Waals surface area contributed by atoms with Gasteiger partial charge in [0.05, 0.1) is 11.0 Å². The van der Waals surface area contributed by atoms with Crippen LogP contribution in [-0.4, -0.2) is 16.0 Å². The van der Waals surface area contributed by atoms with E-state index in [2.05, 4.69) is 89.6 Å². The predicted octanol–water partition coefficient (Wildman–Crippen LogP) is 7.02. The molecular weight excluding hydrogens is 430 g/mol. The van der Waals surface area contributed by atoms with E-state index in [0.29, 0.717) is 13.0 Å². The standard InChI is InChI=1S/C21H18N2.C8H9NO.C2H6/c1-16-8-7-11-18(14-16)21-22-19-12-5-6-13-20(19)23(21)15-17-9-3-2-4-10-17;10-7-9-6-8-4-2-1-3-5-8;1-2/h2-14H,15H2,1H3;1-5,7H,6H2,(H,9,10);1-2H3. The molecule has 0 aliphatic rings. The van der Waals surface area contributed by atoms with Crippen LogP contribution in [0.1, 0.15) is 30.5 Å². The summed E-state index contributed by atoms with van der Waals surface area (Å²) >= 11 is 0. The summed E-state index contributed by atoms with van der Waals surface area (Å²) in [5, 5.41) is 2.58. The van der Waals surface area contributed by atoms with Gasteiger partial charge in [0.2, 0.25) is 6.41 Å². The lowest BCUT2D eigenvalue weighted by Gasteiger charge is -2.10. The Bertz CT molecular complexity index is 1310. The van der Waals surface area contributed by atoms with Crippen molar-refractivity contribution in [2.75, 3.05) is 0 Å². The molecule has 5 rings (SSSR count). The van der Waals surface area contributed by atoms with Gasteiger partial charge in [-0.3, -0.25) is 4.79 Å². The summed E-state index contributed by atoms with van der Waals surface area (Å²) in [6.45, 7) is 7.56. The Hall–Kier alpha value is -4.18. The zero-order valence-electron chi connectivity index (χ0n) is 20.7. The minimum absolute atomic E-state index is 0.615. The van der Waals surface area contributed by atoms with Crippen molar-refractivity contribution in [2.24, 2.45) is 0 Å². The van der Waals surface area contributed by atoms with E-state index in [1.165, 1.54) is 16.6 Å². The molecule has 0 spiro atoms. The quantitative estimate of drug-likeness (QED) is 0.275. The van der Waals surface area contributed by atoms with Crippen LogP contribution in [0.4, 0.5) is 0 Å². The first-order valence-electron chi connectivity index (χ1n) is 12.0. The molecule has 1 aromatic heterocycles. The summed E-state index contributed by atoms with van der Waals surface area (Å²) in [7, 11) is 0. The van der Waals surface area contributed by atoms with Crippen molar-refractivity contribution >= 4 is 17.4 Å². The van der Waals surface area contributed by atoms with E-state index in [0.717, 1.165) is 29.0 Å². The van der Waals surface area contributed by atoms with Crippen molar-refractivity contribution in [3.8, 4) is 11.4 Å². The molecule has 0 atom stereocenters. The van der Waals surface area contributed by atoms with Gasteiger partial charge in [-0.25, -0.2) is 4.98 Å². The largest absolute Gasteiger partial charge is 0.355 e. The molecule has 1 heterocycles. The molecule has 4 nitrogen and oxygen atoms in total. The van der Waals surface area contributed by atoms with Crippen molar-refractivity contribution in [3.05, 3.63) is 126 Å². The number of benzene rings is 4. The summed E-state index contributed by atoms with van der Waals surface area (Å²) < 4.78 is 2.30. The Kier molecular flexibility index (Phi) is 9.82. The van der Waals surface area contributed by atoms with E-state index in [1.54, 1.807) is 0 Å². The predicted molar refractivity (Wildman–Crippen MR) is 146 cm³/mol. The normalized spacial score (nSPS) is 9.91. The van der Waals surface area contributed by atoms with Crippen molar-refractivity contribution in [2.45, 2.75) is 33.9 Å². The van der Waals surface area contributed by atoms with Crippen LogP contribution in [0.25, 0.3) is 22.4 Å². The van der Waals surface area contributed by atoms with Gasteiger partial charge in [-0.2, -0.15) is 0 Å². The second-order valence-corrected chi connectivity index (χ2v) is 7.85. The summed E-state index contributed by atoms with van der Waals surface area (Å²) in [5.74, 6) is 1.03. The molecule has 0 saturated heterocycles. The molecule has 0 unspecified atom stereocenters. The fourth-order valence-electron chi connectivity index (χ4n) is 3.76. The summed E-state index contributed by atoms with van der Waals surface area (Å²) in [4.78, 5) is 14.8. The second kappa shape index (κ2) is 13.5. The van der Waals surface area contributed by atoms with Crippen LogP contribution in [0.3, 0.4) is 0 Å². The maximum atomic E-state index is 9.87. The van der Waals surface area contributed by atoms with Crippen molar-refractivity contribution in [1.82, 2.24) is 14.9 Å². The molecule has 1 N–H and O–H groups in total. The third-order valence-corrected chi connectivity index (χ3v) is 5.35. The number of nitrogens with zero attached hydrogens (tertiary/aromatic N) is 2. The molecule has 0 radical (unpaired) electrons. The lowest BCUT2D eigenvalue weighted by atomic mass is 10.1. The van der Waals surface area contributed by atoms with Gasteiger partial charge in [0, 0.05) is 18.7 Å². The number of imidazole rings is 1. The van der Waals surface area contributed by atoms with Crippen molar-refractivity contribution in [1.29, 1.82) is 0 Å². The fourth-order valence-corrected chi connectivity index (χ4v) is 3.76. The molecule has 1 amide bonds. The second-order valence-electron chi connectivity index (χ2n) is 7.85. The Balaban J connectivity index is 0.000000240. The number of aryl methyl sites for hydroxylation is 1. The lowest BCUT2D eigenvalue weighted by Crippen LogP contribution is -2.09. The minimum atomic E-state index is 0.615. The van der Waals surface area contributed by atoms with E-state index in [-0.39, 0.29) is 0 Å². The highest BCUT2D eigenvalue weighted by Crippen LogP contribution is 2.26. The lowest BCUT2D eigenvalue weighted by molar-refractivity contribution is -0.109. The molecule has 0 aliphatic carbocycles. The number of amides is 1. The van der Waals surface area contributed by atoms with Gasteiger partial charge in [0.15, 0.2) is 0 Å². The number of rotatable bonds is 6. The zero-order chi connectivity index (χ0) is 24.9. The highest BCUT2D eigenvalue weighted by Gasteiger charge is 2.12. The summed E-state index contributed by atoms with van der Waals surface area (Å²) in [6, 6.07) is 37.2. The zero-order valence-corrected chi connectivity index (χ0v) is 20.7. The fraction of sp³-hybridized carbons (Fsp3) is 0.161. The van der Waals surface area contributed by atoms with E-state index in [4.69, 9.17) is 4.98 Å². The first-order chi connectivity index (χ1) is 17.2. The average Bonchev–Trinajstić information content (AvgIpc) is 3.28. The number of carbonyl (C=O) groups excluding carboxylic acids is 1. The Labute approximate surface area is 208 Å². The highest BCUT2D eigenvalue weighted by molar-refractivity contribution is 5.80. The average molecular weight is 464 g/mol. The monoisotopic (exact) mass is 463 g/mol. The van der Waals surface area contributed by atoms with Crippen LogP contribution in [0.5, 0.6) is 0 Å². The van der Waals surface area contributed by atoms with Gasteiger partial charge in [-0.15, -0.1) is 0 Å². The molecule has 0 bridgehead atoms. The van der Waals surface area contributed by atoms with Crippen LogP contribution in [-0.2, 0) is 17.9 Å². The first kappa shape index (κ1) is 25.4. The maximum absolute atomic E-state index is 9.87. The topological polar surface area (TPSA) is 46.9 Å². The number of aromatic nitrogens is 2. The van der Waals surface area contributed by atoms with E-state index in [1.807, 2.05) is 50.2 Å². The Morgan fingerprint density at radius 1 is 0.771 bits per heavy atom. The van der Waals surface area contributed by atoms with E-state index >= 15 is 0 Å². The van der Waals surface area contributed by atoms with Crippen LogP contribution in [0, 0.1) is 6.92 Å². The minimum Gasteiger partial charge on any atom is -0.355 e. The molecular formula is C31H33N3O. The van der Waals surface area contributed by atoms with Crippen LogP contribution in [0.2, 0.25) is 0 Å². The molecule has 178 valence electrons. The van der Waals surface area contributed by atoms with Crippen molar-refractivity contribution < 1.29 is 4.79 Å². The smallest absolute Gasteiger partial charge is 0.207 e. The van der Waals surface area contributed by atoms with E-state index in [9.17, 15) is 4.79 Å². The maximum Gasteiger partial charge on any atom is 0.207 e. The number of carbonyl (C=O) groups is 1. The molecule has 0 aliphatic heterocycles. The Morgan fingerprint density at radius 3 is 2.06 bits per heavy atom. The van der Waals surface area contributed by atoms with E-state index < -0.39 is 0 Å². The molecule has 4 heteroatoms. The molecule has 5 aromatic rings. The number of fused-ring (bicyclic) bond motifs is 1. The SMILES string of the molecule is CC.Cc1cccc(-c2nc3ccccc3n2Cc2ccccc2)c1.O=CNCc1ccccc1. The number of hydrogen-bond donors (Lipinski definition) is 1. The summed E-state index contributed by atoms with van der Waals surface area (Å²) in [5.41, 5.74) is 7.03. The number of hydrogen-bond acceptors (Lipinski definition) is 2. The number of nitrogens with one attached hydrogen (secondary N) is 1. The van der Waals surface area contributed by atoms with Crippen molar-refractivity contribution in [3.63, 3.8) is 0 Å². The van der Waals surface area contributed by atoms with Crippen LogP contribution in [0.15, 0.2) is 109 Å². The first-order valence-corrected chi connectivity index (χ1v) is 12.0. The van der Waals surface area contributed by atoms with Gasteiger partial charge in [-0.05, 0) is 36.2 Å². The van der Waals surface area contributed by atoms with Gasteiger partial charge in [0.25, 0.3) is 0 Å².